The second kappa shape index (κ2) is 5.63. The summed E-state index contributed by atoms with van der Waals surface area (Å²) in [6.45, 7) is 0. The first-order chi connectivity index (χ1) is 9.81. The Morgan fingerprint density at radius 1 is 0.850 bits per heavy atom. The molecule has 0 radical (unpaired) electrons. The molecule has 6 heteroatoms. The normalized spacial score (nSPS) is 10.2. The van der Waals surface area contributed by atoms with E-state index in [1.54, 1.807) is 36.9 Å². The highest BCUT2D eigenvalue weighted by molar-refractivity contribution is 6.30. The Hall–Kier alpha value is -2.53. The van der Waals surface area contributed by atoms with Gasteiger partial charge in [-0.15, -0.1) is 0 Å². The molecule has 5 nitrogen and oxygen atoms in total. The zero-order chi connectivity index (χ0) is 13.8. The fourth-order valence-corrected chi connectivity index (χ4v) is 1.77. The SMILES string of the molecule is Clc1ccc(Nc2cccc(-c3cnccn3)n2)nc1. The van der Waals surface area contributed by atoms with E-state index >= 15 is 0 Å². The van der Waals surface area contributed by atoms with Crippen molar-refractivity contribution in [2.24, 2.45) is 0 Å². The fraction of sp³-hybridized carbons (Fsp3) is 0. The lowest BCUT2D eigenvalue weighted by atomic mass is 10.3. The van der Waals surface area contributed by atoms with Crippen LogP contribution < -0.4 is 5.32 Å². The molecule has 0 spiro atoms. The predicted octanol–water partition coefficient (Wildman–Crippen LogP) is 3.33. The fourth-order valence-electron chi connectivity index (χ4n) is 1.66. The van der Waals surface area contributed by atoms with E-state index in [2.05, 4.69) is 25.3 Å². The lowest BCUT2D eigenvalue weighted by molar-refractivity contribution is 1.17. The molecule has 3 aromatic heterocycles. The van der Waals surface area contributed by atoms with Gasteiger partial charge >= 0.3 is 0 Å². The molecule has 3 rings (SSSR count). The van der Waals surface area contributed by atoms with E-state index in [0.717, 1.165) is 11.4 Å². The standard InChI is InChI=1S/C14H10ClN5/c15-10-4-5-13(18-8-10)20-14-3-1-2-11(19-14)12-9-16-6-7-17-12/h1-9H,(H,18,19,20). The van der Waals surface area contributed by atoms with E-state index < -0.39 is 0 Å². The lowest BCUT2D eigenvalue weighted by Crippen LogP contribution is -1.97. The minimum Gasteiger partial charge on any atom is -0.325 e. The van der Waals surface area contributed by atoms with Crippen LogP contribution in [0.4, 0.5) is 11.6 Å². The van der Waals surface area contributed by atoms with Gasteiger partial charge in [-0.25, -0.2) is 9.97 Å². The average Bonchev–Trinajstić information content (AvgIpc) is 2.51. The van der Waals surface area contributed by atoms with Crippen LogP contribution in [0.3, 0.4) is 0 Å². The number of anilines is 2. The molecule has 0 saturated heterocycles. The summed E-state index contributed by atoms with van der Waals surface area (Å²) >= 11 is 5.80. The third kappa shape index (κ3) is 2.89. The molecule has 3 aromatic rings. The number of halogens is 1. The number of pyridine rings is 2. The van der Waals surface area contributed by atoms with Gasteiger partial charge in [0.25, 0.3) is 0 Å². The second-order valence-electron chi connectivity index (χ2n) is 3.99. The summed E-state index contributed by atoms with van der Waals surface area (Å²) in [5.74, 6) is 1.36. The van der Waals surface area contributed by atoms with Crippen molar-refractivity contribution in [3.05, 3.63) is 60.1 Å². The monoisotopic (exact) mass is 283 g/mol. The Labute approximate surface area is 120 Å². The van der Waals surface area contributed by atoms with Gasteiger partial charge in [-0.3, -0.25) is 9.97 Å². The van der Waals surface area contributed by atoms with Crippen LogP contribution in [0.1, 0.15) is 0 Å². The van der Waals surface area contributed by atoms with Crippen molar-refractivity contribution >= 4 is 23.2 Å². The van der Waals surface area contributed by atoms with Crippen LogP contribution in [0.25, 0.3) is 11.4 Å². The summed E-state index contributed by atoms with van der Waals surface area (Å²) in [7, 11) is 0. The number of rotatable bonds is 3. The van der Waals surface area contributed by atoms with Gasteiger partial charge in [0, 0.05) is 18.6 Å². The largest absolute Gasteiger partial charge is 0.325 e. The summed E-state index contributed by atoms with van der Waals surface area (Å²) in [5.41, 5.74) is 1.47. The van der Waals surface area contributed by atoms with E-state index in [-0.39, 0.29) is 0 Å². The summed E-state index contributed by atoms with van der Waals surface area (Å²) in [6, 6.07) is 9.19. The predicted molar refractivity (Wildman–Crippen MR) is 77.8 cm³/mol. The summed E-state index contributed by atoms with van der Waals surface area (Å²) in [6.07, 6.45) is 6.52. The van der Waals surface area contributed by atoms with Gasteiger partial charge in [0.05, 0.1) is 16.9 Å². The van der Waals surface area contributed by atoms with Gasteiger partial charge in [-0.05, 0) is 24.3 Å². The molecule has 0 aliphatic heterocycles. The maximum Gasteiger partial charge on any atom is 0.132 e. The minimum atomic E-state index is 0.594. The van der Waals surface area contributed by atoms with Gasteiger partial charge < -0.3 is 5.32 Å². The van der Waals surface area contributed by atoms with E-state index in [1.807, 2.05) is 18.2 Å². The first-order valence-electron chi connectivity index (χ1n) is 5.93. The number of hydrogen-bond donors (Lipinski definition) is 1. The van der Waals surface area contributed by atoms with Crippen molar-refractivity contribution in [1.29, 1.82) is 0 Å². The highest BCUT2D eigenvalue weighted by atomic mass is 35.5. The molecule has 0 fully saturated rings. The molecular formula is C14H10ClN5. The van der Waals surface area contributed by atoms with Crippen molar-refractivity contribution < 1.29 is 0 Å². The Bertz CT molecular complexity index is 700. The Kier molecular flexibility index (Phi) is 3.52. The molecule has 0 atom stereocenters. The van der Waals surface area contributed by atoms with Crippen LogP contribution in [0.2, 0.25) is 5.02 Å². The lowest BCUT2D eigenvalue weighted by Gasteiger charge is -2.06. The molecule has 0 saturated carbocycles. The number of hydrogen-bond acceptors (Lipinski definition) is 5. The van der Waals surface area contributed by atoms with Gasteiger partial charge in [0.1, 0.15) is 17.3 Å². The zero-order valence-corrected chi connectivity index (χ0v) is 11.1. The van der Waals surface area contributed by atoms with Gasteiger partial charge in [-0.1, -0.05) is 17.7 Å². The molecule has 98 valence electrons. The smallest absolute Gasteiger partial charge is 0.132 e. The van der Waals surface area contributed by atoms with Crippen LogP contribution in [0.5, 0.6) is 0 Å². The van der Waals surface area contributed by atoms with Gasteiger partial charge in [0.2, 0.25) is 0 Å². The second-order valence-corrected chi connectivity index (χ2v) is 4.42. The Balaban J connectivity index is 1.86. The molecule has 0 aliphatic rings. The van der Waals surface area contributed by atoms with E-state index in [4.69, 9.17) is 11.6 Å². The van der Waals surface area contributed by atoms with Crippen molar-refractivity contribution in [1.82, 2.24) is 19.9 Å². The first-order valence-corrected chi connectivity index (χ1v) is 6.31. The van der Waals surface area contributed by atoms with Crippen LogP contribution in [0.15, 0.2) is 55.1 Å². The van der Waals surface area contributed by atoms with E-state index in [0.29, 0.717) is 16.7 Å². The number of nitrogens with zero attached hydrogens (tertiary/aromatic N) is 4. The zero-order valence-electron chi connectivity index (χ0n) is 10.4. The molecule has 20 heavy (non-hydrogen) atoms. The molecule has 1 N–H and O–H groups in total. The molecule has 3 heterocycles. The molecule has 0 bridgehead atoms. The maximum absolute atomic E-state index is 5.80. The number of nitrogens with one attached hydrogen (secondary N) is 1. The molecule has 0 aliphatic carbocycles. The van der Waals surface area contributed by atoms with Crippen LogP contribution in [0, 0.1) is 0 Å². The van der Waals surface area contributed by atoms with Crippen LogP contribution >= 0.6 is 11.6 Å². The first kappa shape index (κ1) is 12.5. The van der Waals surface area contributed by atoms with Gasteiger partial charge in [0.15, 0.2) is 0 Å². The molecule has 0 amide bonds. The summed E-state index contributed by atoms with van der Waals surface area (Å²) in [4.78, 5) is 16.9. The van der Waals surface area contributed by atoms with Crippen molar-refractivity contribution in [2.45, 2.75) is 0 Å². The van der Waals surface area contributed by atoms with E-state index in [9.17, 15) is 0 Å². The molecule has 0 aromatic carbocycles. The summed E-state index contributed by atoms with van der Waals surface area (Å²) in [5, 5.41) is 3.71. The van der Waals surface area contributed by atoms with Crippen molar-refractivity contribution in [3.8, 4) is 11.4 Å². The maximum atomic E-state index is 5.80. The van der Waals surface area contributed by atoms with Crippen molar-refractivity contribution in [2.75, 3.05) is 5.32 Å². The van der Waals surface area contributed by atoms with Crippen LogP contribution in [-0.2, 0) is 0 Å². The Morgan fingerprint density at radius 2 is 1.80 bits per heavy atom. The third-order valence-corrected chi connectivity index (χ3v) is 2.78. The highest BCUT2D eigenvalue weighted by Gasteiger charge is 2.03. The number of aromatic nitrogens is 4. The topological polar surface area (TPSA) is 63.6 Å². The van der Waals surface area contributed by atoms with Gasteiger partial charge in [-0.2, -0.15) is 0 Å². The highest BCUT2D eigenvalue weighted by Crippen LogP contribution is 2.18. The van der Waals surface area contributed by atoms with Crippen LogP contribution in [-0.4, -0.2) is 19.9 Å². The van der Waals surface area contributed by atoms with Crippen molar-refractivity contribution in [3.63, 3.8) is 0 Å². The average molecular weight is 284 g/mol. The van der Waals surface area contributed by atoms with E-state index in [1.165, 1.54) is 0 Å². The minimum absolute atomic E-state index is 0.594. The quantitative estimate of drug-likeness (QED) is 0.799. The molecule has 0 unspecified atom stereocenters. The molecular weight excluding hydrogens is 274 g/mol. The Morgan fingerprint density at radius 3 is 2.55 bits per heavy atom. The summed E-state index contributed by atoms with van der Waals surface area (Å²) < 4.78 is 0. The third-order valence-electron chi connectivity index (χ3n) is 2.56.